The molecule has 4 heterocycles. The van der Waals surface area contributed by atoms with E-state index in [0.717, 1.165) is 45.2 Å². The molecular weight excluding hydrogens is 731 g/mol. The molecule has 266 valence electrons. The van der Waals surface area contributed by atoms with Crippen LogP contribution in [0, 0.1) is 0 Å². The van der Waals surface area contributed by atoms with Gasteiger partial charge < -0.3 is 4.57 Å². The molecule has 57 heavy (non-hydrogen) atoms. The van der Waals surface area contributed by atoms with E-state index in [-0.39, 0.29) is 0 Å². The highest BCUT2D eigenvalue weighted by atomic mass is 32.1. The van der Waals surface area contributed by atoms with Gasteiger partial charge in [-0.25, -0.2) is 9.97 Å². The minimum absolute atomic E-state index is 0.725. The molecule has 0 N–H and O–H groups in total. The van der Waals surface area contributed by atoms with Gasteiger partial charge in [0.15, 0.2) is 5.82 Å². The molecule has 0 aliphatic carbocycles. The van der Waals surface area contributed by atoms with E-state index in [1.807, 2.05) is 22.7 Å². The maximum absolute atomic E-state index is 5.34. The van der Waals surface area contributed by atoms with Crippen molar-refractivity contribution < 1.29 is 0 Å². The van der Waals surface area contributed by atoms with Crippen LogP contribution < -0.4 is 0 Å². The van der Waals surface area contributed by atoms with Gasteiger partial charge in [-0.3, -0.25) is 0 Å². The molecule has 0 bridgehead atoms. The first-order valence-electron chi connectivity index (χ1n) is 19.1. The van der Waals surface area contributed by atoms with Crippen molar-refractivity contribution in [2.75, 3.05) is 0 Å². The highest BCUT2D eigenvalue weighted by Crippen LogP contribution is 2.44. The van der Waals surface area contributed by atoms with Crippen LogP contribution in [0.25, 0.3) is 113 Å². The molecule has 8 aromatic carbocycles. The smallest absolute Gasteiger partial charge is 0.161 e. The van der Waals surface area contributed by atoms with Crippen LogP contribution in [0.2, 0.25) is 0 Å². The number of para-hydroxylation sites is 1. The summed E-state index contributed by atoms with van der Waals surface area (Å²) in [6.07, 6.45) is 0. The first kappa shape index (κ1) is 32.3. The predicted molar refractivity (Wildman–Crippen MR) is 244 cm³/mol. The summed E-state index contributed by atoms with van der Waals surface area (Å²) in [5, 5.41) is 7.73. The molecule has 12 aromatic rings. The summed E-state index contributed by atoms with van der Waals surface area (Å²) in [6.45, 7) is 0. The molecule has 0 radical (unpaired) electrons. The lowest BCUT2D eigenvalue weighted by Gasteiger charge is -2.12. The normalized spacial score (nSPS) is 11.9. The Morgan fingerprint density at radius 1 is 0.368 bits per heavy atom. The lowest BCUT2D eigenvalue weighted by Crippen LogP contribution is -1.97. The first-order chi connectivity index (χ1) is 28.2. The zero-order chi connectivity index (χ0) is 37.5. The maximum atomic E-state index is 5.34. The predicted octanol–water partition coefficient (Wildman–Crippen LogP) is 15.0. The second kappa shape index (κ2) is 12.8. The summed E-state index contributed by atoms with van der Waals surface area (Å²) < 4.78 is 7.52. The van der Waals surface area contributed by atoms with E-state index in [1.165, 1.54) is 67.7 Å². The minimum atomic E-state index is 0.725. The van der Waals surface area contributed by atoms with Crippen LogP contribution in [-0.2, 0) is 0 Å². The maximum Gasteiger partial charge on any atom is 0.161 e. The number of aromatic nitrogens is 3. The van der Waals surface area contributed by atoms with Crippen molar-refractivity contribution in [3.63, 3.8) is 0 Å². The van der Waals surface area contributed by atoms with Crippen LogP contribution in [0.3, 0.4) is 0 Å². The van der Waals surface area contributed by atoms with Crippen LogP contribution in [0.15, 0.2) is 188 Å². The molecular formula is C52H31N3S2. The molecule has 0 aliphatic heterocycles. The fraction of sp³-hybridized carbons (Fsp3) is 0. The van der Waals surface area contributed by atoms with Crippen LogP contribution in [-0.4, -0.2) is 14.5 Å². The SMILES string of the molecule is c1ccc(-c2cccc(-c3cc(-c4ccc(-n5c6ccccc6c6c7c(ccc65)sc5ccccc57)cc4)nc(-c4cccc5c4sc4ccccc45)n3)c2)cc1. The number of fused-ring (bicyclic) bond motifs is 10. The third-order valence-electron chi connectivity index (χ3n) is 11.2. The minimum Gasteiger partial charge on any atom is -0.309 e. The lowest BCUT2D eigenvalue weighted by atomic mass is 10.0. The van der Waals surface area contributed by atoms with E-state index in [1.54, 1.807) is 0 Å². The first-order valence-corrected chi connectivity index (χ1v) is 20.8. The standard InChI is InChI=1S/C52H31N3S2/c1-2-12-32(13-3-1)34-14-10-15-35(30-34)43-31-42(53-52(54-43)41-20-11-19-38-37-16-5-8-22-46(37)57-51(38)41)33-24-26-36(27-25-33)55-44-21-7-4-17-39(44)49-45(55)28-29-48-50(49)40-18-6-9-23-47(40)56-48/h1-31H. The summed E-state index contributed by atoms with van der Waals surface area (Å²) in [5.74, 6) is 0.725. The number of rotatable bonds is 5. The van der Waals surface area contributed by atoms with Gasteiger partial charge in [0.1, 0.15) is 0 Å². The molecule has 12 rings (SSSR count). The molecule has 0 saturated heterocycles. The van der Waals surface area contributed by atoms with E-state index in [9.17, 15) is 0 Å². The van der Waals surface area contributed by atoms with E-state index < -0.39 is 0 Å². The van der Waals surface area contributed by atoms with E-state index >= 15 is 0 Å². The fourth-order valence-corrected chi connectivity index (χ4v) is 10.9. The van der Waals surface area contributed by atoms with Gasteiger partial charge in [0, 0.05) is 73.5 Å². The van der Waals surface area contributed by atoms with Gasteiger partial charge in [-0.2, -0.15) is 0 Å². The van der Waals surface area contributed by atoms with Crippen molar-refractivity contribution in [3.05, 3.63) is 188 Å². The Bertz CT molecular complexity index is 3520. The van der Waals surface area contributed by atoms with Crippen LogP contribution in [0.4, 0.5) is 0 Å². The lowest BCUT2D eigenvalue weighted by molar-refractivity contribution is 1.17. The Labute approximate surface area is 336 Å². The van der Waals surface area contributed by atoms with Gasteiger partial charge in [0.05, 0.1) is 22.4 Å². The molecule has 0 amide bonds. The topological polar surface area (TPSA) is 30.7 Å². The molecule has 0 spiro atoms. The van der Waals surface area contributed by atoms with Gasteiger partial charge in [-0.05, 0) is 71.8 Å². The molecule has 4 aromatic heterocycles. The second-order valence-electron chi connectivity index (χ2n) is 14.5. The summed E-state index contributed by atoms with van der Waals surface area (Å²) in [4.78, 5) is 10.7. The Balaban J connectivity index is 1.04. The Morgan fingerprint density at radius 3 is 1.86 bits per heavy atom. The third-order valence-corrected chi connectivity index (χ3v) is 13.6. The molecule has 0 atom stereocenters. The summed E-state index contributed by atoms with van der Waals surface area (Å²) in [7, 11) is 0. The average Bonchev–Trinajstić information content (AvgIpc) is 3.96. The van der Waals surface area contributed by atoms with Crippen LogP contribution in [0.5, 0.6) is 0 Å². The van der Waals surface area contributed by atoms with Crippen molar-refractivity contribution in [3.8, 4) is 50.7 Å². The zero-order valence-electron chi connectivity index (χ0n) is 30.6. The number of nitrogens with zero attached hydrogens (tertiary/aromatic N) is 3. The van der Waals surface area contributed by atoms with E-state index in [2.05, 4.69) is 193 Å². The van der Waals surface area contributed by atoms with Crippen molar-refractivity contribution >= 4 is 84.8 Å². The van der Waals surface area contributed by atoms with Crippen LogP contribution in [0.1, 0.15) is 0 Å². The van der Waals surface area contributed by atoms with Crippen molar-refractivity contribution in [1.29, 1.82) is 0 Å². The third kappa shape index (κ3) is 5.17. The number of hydrogen-bond donors (Lipinski definition) is 0. The largest absolute Gasteiger partial charge is 0.309 e. The number of benzene rings is 8. The average molecular weight is 762 g/mol. The van der Waals surface area contributed by atoms with Crippen molar-refractivity contribution in [2.24, 2.45) is 0 Å². The van der Waals surface area contributed by atoms with Gasteiger partial charge in [-0.15, -0.1) is 22.7 Å². The van der Waals surface area contributed by atoms with Crippen molar-refractivity contribution in [1.82, 2.24) is 14.5 Å². The monoisotopic (exact) mass is 761 g/mol. The Kier molecular flexibility index (Phi) is 7.27. The van der Waals surface area contributed by atoms with Crippen molar-refractivity contribution in [2.45, 2.75) is 0 Å². The summed E-state index contributed by atoms with van der Waals surface area (Å²) in [6, 6.07) is 67.6. The highest BCUT2D eigenvalue weighted by Gasteiger charge is 2.19. The van der Waals surface area contributed by atoms with E-state index in [0.29, 0.717) is 0 Å². The van der Waals surface area contributed by atoms with Gasteiger partial charge in [0.25, 0.3) is 0 Å². The molecule has 0 saturated carbocycles. The quantitative estimate of drug-likeness (QED) is 0.175. The summed E-state index contributed by atoms with van der Waals surface area (Å²) >= 11 is 3.68. The highest BCUT2D eigenvalue weighted by molar-refractivity contribution is 7.26. The molecule has 0 aliphatic rings. The fourth-order valence-electron chi connectivity index (χ4n) is 8.61. The molecule has 3 nitrogen and oxygen atoms in total. The Hall–Kier alpha value is -6.92. The second-order valence-corrected chi connectivity index (χ2v) is 16.7. The summed E-state index contributed by atoms with van der Waals surface area (Å²) in [5.41, 5.74) is 10.8. The van der Waals surface area contributed by atoms with Gasteiger partial charge in [0.2, 0.25) is 0 Å². The van der Waals surface area contributed by atoms with E-state index in [4.69, 9.17) is 9.97 Å². The zero-order valence-corrected chi connectivity index (χ0v) is 32.2. The van der Waals surface area contributed by atoms with Gasteiger partial charge in [-0.1, -0.05) is 127 Å². The molecule has 0 unspecified atom stereocenters. The number of hydrogen-bond acceptors (Lipinski definition) is 4. The molecule has 5 heteroatoms. The van der Waals surface area contributed by atoms with Gasteiger partial charge >= 0.3 is 0 Å². The Morgan fingerprint density at radius 2 is 1.02 bits per heavy atom. The molecule has 0 fully saturated rings. The number of thiophene rings is 2. The van der Waals surface area contributed by atoms with Crippen LogP contribution >= 0.6 is 22.7 Å².